The van der Waals surface area contributed by atoms with Crippen LogP contribution in [0.1, 0.15) is 11.3 Å². The monoisotopic (exact) mass is 340 g/mol. The van der Waals surface area contributed by atoms with Crippen LogP contribution in [0, 0.1) is 0 Å². The van der Waals surface area contributed by atoms with Gasteiger partial charge in [-0.1, -0.05) is 53.7 Å². The molecule has 0 atom stereocenters. The molecule has 0 bridgehead atoms. The van der Waals surface area contributed by atoms with Gasteiger partial charge in [0.15, 0.2) is 0 Å². The SMILES string of the molecule is O=S(=O)(c1ccccc1)N1CCc2onc(-c3ccccc3)c2C1. The summed E-state index contributed by atoms with van der Waals surface area (Å²) in [7, 11) is -3.52. The number of aromatic nitrogens is 1. The molecule has 1 aliphatic heterocycles. The quantitative estimate of drug-likeness (QED) is 0.735. The highest BCUT2D eigenvalue weighted by molar-refractivity contribution is 7.89. The molecule has 5 nitrogen and oxygen atoms in total. The molecule has 0 saturated carbocycles. The number of nitrogens with zero attached hydrogens (tertiary/aromatic N) is 2. The van der Waals surface area contributed by atoms with E-state index in [1.54, 1.807) is 30.3 Å². The maximum atomic E-state index is 12.8. The molecule has 4 rings (SSSR count). The minimum atomic E-state index is -3.52. The Morgan fingerprint density at radius 1 is 0.958 bits per heavy atom. The van der Waals surface area contributed by atoms with Gasteiger partial charge in [-0.3, -0.25) is 0 Å². The number of hydrogen-bond acceptors (Lipinski definition) is 4. The number of rotatable bonds is 3. The normalized spacial score (nSPS) is 15.2. The zero-order chi connectivity index (χ0) is 16.6. The zero-order valence-corrected chi connectivity index (χ0v) is 13.7. The first kappa shape index (κ1) is 15.1. The summed E-state index contributed by atoms with van der Waals surface area (Å²) in [6.45, 7) is 0.675. The van der Waals surface area contributed by atoms with Crippen molar-refractivity contribution >= 4 is 10.0 Å². The predicted molar refractivity (Wildman–Crippen MR) is 89.7 cm³/mol. The van der Waals surface area contributed by atoms with Gasteiger partial charge in [0, 0.05) is 30.6 Å². The Labute approximate surface area is 140 Å². The first-order valence-corrected chi connectivity index (χ1v) is 9.18. The molecule has 2 aromatic carbocycles. The summed E-state index contributed by atoms with van der Waals surface area (Å²) < 4.78 is 32.6. The van der Waals surface area contributed by atoms with Gasteiger partial charge in [0.2, 0.25) is 10.0 Å². The molecule has 2 heterocycles. The Hall–Kier alpha value is -2.44. The van der Waals surface area contributed by atoms with E-state index in [0.29, 0.717) is 17.9 Å². The second-order valence-corrected chi connectivity index (χ2v) is 7.64. The lowest BCUT2D eigenvalue weighted by atomic mass is 10.0. The second kappa shape index (κ2) is 5.89. The van der Waals surface area contributed by atoms with Crippen molar-refractivity contribution in [2.75, 3.05) is 6.54 Å². The van der Waals surface area contributed by atoms with Crippen molar-refractivity contribution in [1.29, 1.82) is 0 Å². The topological polar surface area (TPSA) is 63.4 Å². The van der Waals surface area contributed by atoms with Crippen LogP contribution in [-0.2, 0) is 23.0 Å². The molecule has 0 spiro atoms. The van der Waals surface area contributed by atoms with E-state index in [2.05, 4.69) is 5.16 Å². The van der Waals surface area contributed by atoms with Crippen molar-refractivity contribution in [1.82, 2.24) is 9.46 Å². The highest BCUT2D eigenvalue weighted by atomic mass is 32.2. The molecule has 0 unspecified atom stereocenters. The van der Waals surface area contributed by atoms with Crippen molar-refractivity contribution in [3.63, 3.8) is 0 Å². The maximum absolute atomic E-state index is 12.8. The van der Waals surface area contributed by atoms with Crippen LogP contribution >= 0.6 is 0 Å². The molecular formula is C18H16N2O3S. The second-order valence-electron chi connectivity index (χ2n) is 5.70. The molecule has 0 saturated heterocycles. The molecule has 0 N–H and O–H groups in total. The highest BCUT2D eigenvalue weighted by Gasteiger charge is 2.32. The molecule has 1 aromatic heterocycles. The molecule has 1 aliphatic rings. The van der Waals surface area contributed by atoms with E-state index in [0.717, 1.165) is 22.6 Å². The van der Waals surface area contributed by atoms with Crippen LogP contribution in [-0.4, -0.2) is 24.4 Å². The Bertz CT molecular complexity index is 950. The smallest absolute Gasteiger partial charge is 0.243 e. The molecule has 6 heteroatoms. The minimum absolute atomic E-state index is 0.278. The molecule has 0 amide bonds. The van der Waals surface area contributed by atoms with Crippen LogP contribution in [0.5, 0.6) is 0 Å². The third-order valence-corrected chi connectivity index (χ3v) is 6.08. The summed E-state index contributed by atoms with van der Waals surface area (Å²) in [5.74, 6) is 0.772. The standard InChI is InChI=1S/C18H16N2O3S/c21-24(22,15-9-5-2-6-10-15)20-12-11-17-16(13-20)18(19-23-17)14-7-3-1-4-8-14/h1-10H,11-13H2. The van der Waals surface area contributed by atoms with Gasteiger partial charge in [-0.2, -0.15) is 4.31 Å². The van der Waals surface area contributed by atoms with Crippen LogP contribution in [0.25, 0.3) is 11.3 Å². The van der Waals surface area contributed by atoms with Gasteiger partial charge in [-0.25, -0.2) is 8.42 Å². The first-order chi connectivity index (χ1) is 11.7. The Morgan fingerprint density at radius 2 is 1.62 bits per heavy atom. The Morgan fingerprint density at radius 3 is 2.33 bits per heavy atom. The van der Waals surface area contributed by atoms with Gasteiger partial charge in [0.25, 0.3) is 0 Å². The van der Waals surface area contributed by atoms with Crippen molar-refractivity contribution in [2.24, 2.45) is 0 Å². The molecule has 24 heavy (non-hydrogen) atoms. The van der Waals surface area contributed by atoms with Crippen LogP contribution in [0.3, 0.4) is 0 Å². The van der Waals surface area contributed by atoms with Crippen LogP contribution in [0.4, 0.5) is 0 Å². The van der Waals surface area contributed by atoms with E-state index < -0.39 is 10.0 Å². The van der Waals surface area contributed by atoms with E-state index in [1.807, 2.05) is 30.3 Å². The lowest BCUT2D eigenvalue weighted by Gasteiger charge is -2.25. The lowest BCUT2D eigenvalue weighted by Crippen LogP contribution is -2.35. The third-order valence-electron chi connectivity index (χ3n) is 4.22. The molecule has 0 fully saturated rings. The van der Waals surface area contributed by atoms with Crippen molar-refractivity contribution in [3.05, 3.63) is 72.0 Å². The fourth-order valence-corrected chi connectivity index (χ4v) is 4.38. The van der Waals surface area contributed by atoms with Gasteiger partial charge in [0.1, 0.15) is 11.5 Å². The average Bonchev–Trinajstić information content (AvgIpc) is 3.06. The summed E-state index contributed by atoms with van der Waals surface area (Å²) in [5.41, 5.74) is 2.51. The summed E-state index contributed by atoms with van der Waals surface area (Å²) in [6.07, 6.45) is 0.529. The van der Waals surface area contributed by atoms with Crippen LogP contribution < -0.4 is 0 Å². The van der Waals surface area contributed by atoms with Gasteiger partial charge in [-0.05, 0) is 12.1 Å². The summed E-state index contributed by atoms with van der Waals surface area (Å²) in [5, 5.41) is 4.16. The van der Waals surface area contributed by atoms with E-state index in [-0.39, 0.29) is 6.54 Å². The van der Waals surface area contributed by atoms with Gasteiger partial charge >= 0.3 is 0 Å². The largest absolute Gasteiger partial charge is 0.360 e. The minimum Gasteiger partial charge on any atom is -0.360 e. The van der Waals surface area contributed by atoms with E-state index in [1.165, 1.54) is 4.31 Å². The van der Waals surface area contributed by atoms with Crippen molar-refractivity contribution in [3.8, 4) is 11.3 Å². The van der Waals surface area contributed by atoms with E-state index >= 15 is 0 Å². The van der Waals surface area contributed by atoms with Crippen molar-refractivity contribution < 1.29 is 12.9 Å². The summed E-state index contributed by atoms with van der Waals surface area (Å²) in [4.78, 5) is 0.311. The van der Waals surface area contributed by atoms with Crippen molar-refractivity contribution in [2.45, 2.75) is 17.9 Å². The van der Waals surface area contributed by atoms with E-state index in [4.69, 9.17) is 4.52 Å². The Balaban J connectivity index is 1.71. The lowest BCUT2D eigenvalue weighted by molar-refractivity contribution is 0.331. The fraction of sp³-hybridized carbons (Fsp3) is 0.167. The highest BCUT2D eigenvalue weighted by Crippen LogP contribution is 2.32. The summed E-state index contributed by atoms with van der Waals surface area (Å²) >= 11 is 0. The fourth-order valence-electron chi connectivity index (χ4n) is 2.95. The number of fused-ring (bicyclic) bond motifs is 1. The van der Waals surface area contributed by atoms with Crippen LogP contribution in [0.2, 0.25) is 0 Å². The zero-order valence-electron chi connectivity index (χ0n) is 12.9. The van der Waals surface area contributed by atoms with Gasteiger partial charge in [-0.15, -0.1) is 0 Å². The number of sulfonamides is 1. The predicted octanol–water partition coefficient (Wildman–Crippen LogP) is 3.09. The molecule has 0 radical (unpaired) electrons. The van der Waals surface area contributed by atoms with E-state index in [9.17, 15) is 8.42 Å². The summed E-state index contributed by atoms with van der Waals surface area (Å²) in [6, 6.07) is 18.2. The van der Waals surface area contributed by atoms with Gasteiger partial charge < -0.3 is 4.52 Å². The first-order valence-electron chi connectivity index (χ1n) is 7.74. The third kappa shape index (κ3) is 2.53. The molecular weight excluding hydrogens is 324 g/mol. The maximum Gasteiger partial charge on any atom is 0.243 e. The van der Waals surface area contributed by atoms with Crippen LogP contribution in [0.15, 0.2) is 70.1 Å². The number of benzene rings is 2. The van der Waals surface area contributed by atoms with Gasteiger partial charge in [0.05, 0.1) is 4.90 Å². The molecule has 0 aliphatic carbocycles. The average molecular weight is 340 g/mol. The molecule has 122 valence electrons. The molecule has 3 aromatic rings. The Kier molecular flexibility index (Phi) is 3.70. The number of hydrogen-bond donors (Lipinski definition) is 0.